The van der Waals surface area contributed by atoms with E-state index in [1.165, 1.54) is 12.3 Å². The molecule has 0 atom stereocenters. The molecule has 80 valence electrons. The SMILES string of the molecule is NC1(COc2ncccc2C(=O)O)CC1. The van der Waals surface area contributed by atoms with Gasteiger partial charge in [-0.05, 0) is 25.0 Å². The predicted octanol–water partition coefficient (Wildman–Crippen LogP) is 0.650. The lowest BCUT2D eigenvalue weighted by atomic mass is 10.3. The number of carboxylic acid groups (broad SMARTS) is 1. The minimum atomic E-state index is -1.04. The molecule has 1 aliphatic carbocycles. The van der Waals surface area contributed by atoms with E-state index in [1.54, 1.807) is 6.07 Å². The molecule has 1 aromatic rings. The summed E-state index contributed by atoms with van der Waals surface area (Å²) < 4.78 is 5.31. The van der Waals surface area contributed by atoms with Gasteiger partial charge >= 0.3 is 5.97 Å². The molecule has 3 N–H and O–H groups in total. The quantitative estimate of drug-likeness (QED) is 0.758. The highest BCUT2D eigenvalue weighted by Gasteiger charge is 2.39. The molecule has 0 radical (unpaired) electrons. The number of hydrogen-bond acceptors (Lipinski definition) is 4. The van der Waals surface area contributed by atoms with Crippen molar-refractivity contribution in [1.82, 2.24) is 4.98 Å². The first-order valence-electron chi connectivity index (χ1n) is 4.71. The van der Waals surface area contributed by atoms with E-state index in [0.29, 0.717) is 6.61 Å². The molecule has 0 aliphatic heterocycles. The molecule has 1 aromatic heterocycles. The summed E-state index contributed by atoms with van der Waals surface area (Å²) in [5.41, 5.74) is 5.62. The third-order valence-electron chi connectivity index (χ3n) is 2.39. The van der Waals surface area contributed by atoms with Gasteiger partial charge in [-0.25, -0.2) is 9.78 Å². The van der Waals surface area contributed by atoms with Crippen LogP contribution in [-0.4, -0.2) is 28.2 Å². The van der Waals surface area contributed by atoms with Gasteiger partial charge in [0, 0.05) is 6.20 Å². The number of carbonyl (C=O) groups is 1. The van der Waals surface area contributed by atoms with Gasteiger partial charge in [-0.1, -0.05) is 0 Å². The lowest BCUT2D eigenvalue weighted by molar-refractivity contribution is 0.0690. The summed E-state index contributed by atoms with van der Waals surface area (Å²) >= 11 is 0. The van der Waals surface area contributed by atoms with E-state index in [2.05, 4.69) is 4.98 Å². The number of pyridine rings is 1. The van der Waals surface area contributed by atoms with Gasteiger partial charge in [0.2, 0.25) is 5.88 Å². The maximum atomic E-state index is 10.8. The van der Waals surface area contributed by atoms with Gasteiger partial charge in [0.1, 0.15) is 12.2 Å². The number of aromatic carboxylic acids is 1. The number of hydrogen-bond donors (Lipinski definition) is 2. The molecule has 1 heterocycles. The minimum absolute atomic E-state index is 0.0711. The number of aromatic nitrogens is 1. The summed E-state index contributed by atoms with van der Waals surface area (Å²) in [6.07, 6.45) is 3.34. The highest BCUT2D eigenvalue weighted by molar-refractivity contribution is 5.90. The maximum Gasteiger partial charge on any atom is 0.341 e. The van der Waals surface area contributed by atoms with Crippen molar-refractivity contribution in [3.05, 3.63) is 23.9 Å². The Kier molecular flexibility index (Phi) is 2.32. The van der Waals surface area contributed by atoms with Crippen LogP contribution in [0.25, 0.3) is 0 Å². The number of ether oxygens (including phenoxy) is 1. The van der Waals surface area contributed by atoms with E-state index >= 15 is 0 Å². The summed E-state index contributed by atoms with van der Waals surface area (Å²) in [5, 5.41) is 8.86. The normalized spacial score (nSPS) is 17.1. The molecule has 1 saturated carbocycles. The van der Waals surface area contributed by atoms with Crippen LogP contribution in [0.2, 0.25) is 0 Å². The van der Waals surface area contributed by atoms with E-state index in [4.69, 9.17) is 15.6 Å². The first-order valence-corrected chi connectivity index (χ1v) is 4.71. The number of nitrogens with zero attached hydrogens (tertiary/aromatic N) is 1. The zero-order chi connectivity index (χ0) is 10.9. The van der Waals surface area contributed by atoms with Crippen LogP contribution in [0, 0.1) is 0 Å². The van der Waals surface area contributed by atoms with Crippen LogP contribution in [-0.2, 0) is 0 Å². The molecule has 1 fully saturated rings. The fraction of sp³-hybridized carbons (Fsp3) is 0.400. The Bertz CT molecular complexity index is 388. The fourth-order valence-electron chi connectivity index (χ4n) is 1.19. The Hall–Kier alpha value is -1.62. The monoisotopic (exact) mass is 208 g/mol. The Morgan fingerprint density at radius 1 is 1.67 bits per heavy atom. The Balaban J connectivity index is 2.09. The summed E-state index contributed by atoms with van der Waals surface area (Å²) in [5.74, 6) is -0.901. The van der Waals surface area contributed by atoms with Gasteiger partial charge in [-0.3, -0.25) is 0 Å². The average Bonchev–Trinajstić information content (AvgIpc) is 2.95. The molecule has 0 bridgehead atoms. The van der Waals surface area contributed by atoms with Crippen molar-refractivity contribution < 1.29 is 14.6 Å². The first kappa shape index (κ1) is 9.92. The minimum Gasteiger partial charge on any atom is -0.477 e. The molecular formula is C10H12N2O3. The van der Waals surface area contributed by atoms with Crippen molar-refractivity contribution in [2.45, 2.75) is 18.4 Å². The fourth-order valence-corrected chi connectivity index (χ4v) is 1.19. The van der Waals surface area contributed by atoms with Gasteiger partial charge < -0.3 is 15.6 Å². The van der Waals surface area contributed by atoms with Crippen molar-refractivity contribution >= 4 is 5.97 Å². The maximum absolute atomic E-state index is 10.8. The smallest absolute Gasteiger partial charge is 0.341 e. The second kappa shape index (κ2) is 3.51. The van der Waals surface area contributed by atoms with Crippen molar-refractivity contribution in [3.63, 3.8) is 0 Å². The Morgan fingerprint density at radius 3 is 3.00 bits per heavy atom. The van der Waals surface area contributed by atoms with Crippen molar-refractivity contribution in [2.24, 2.45) is 5.73 Å². The van der Waals surface area contributed by atoms with Crippen LogP contribution in [0.4, 0.5) is 0 Å². The standard InChI is InChI=1S/C10H12N2O3/c11-10(3-4-10)6-15-8-7(9(13)14)2-1-5-12-8/h1-2,5H,3-4,6,11H2,(H,13,14). The number of carboxylic acids is 1. The van der Waals surface area contributed by atoms with E-state index < -0.39 is 5.97 Å². The second-order valence-corrected chi connectivity index (χ2v) is 3.81. The molecular weight excluding hydrogens is 196 g/mol. The van der Waals surface area contributed by atoms with Crippen molar-refractivity contribution in [2.75, 3.05) is 6.61 Å². The van der Waals surface area contributed by atoms with Gasteiger partial charge in [-0.2, -0.15) is 0 Å². The lowest BCUT2D eigenvalue weighted by Gasteiger charge is -2.11. The molecule has 1 aliphatic rings. The van der Waals surface area contributed by atoms with E-state index in [1.807, 2.05) is 0 Å². The molecule has 0 amide bonds. The molecule has 5 heteroatoms. The van der Waals surface area contributed by atoms with Crippen molar-refractivity contribution in [3.8, 4) is 5.88 Å². The van der Waals surface area contributed by atoms with Crippen LogP contribution in [0.3, 0.4) is 0 Å². The van der Waals surface area contributed by atoms with Gasteiger partial charge in [0.25, 0.3) is 0 Å². The van der Waals surface area contributed by atoms with Gasteiger partial charge in [0.05, 0.1) is 5.54 Å². The second-order valence-electron chi connectivity index (χ2n) is 3.81. The van der Waals surface area contributed by atoms with E-state index in [-0.39, 0.29) is 17.0 Å². The summed E-state index contributed by atoms with van der Waals surface area (Å²) in [7, 11) is 0. The van der Waals surface area contributed by atoms with Crippen LogP contribution in [0.1, 0.15) is 23.2 Å². The zero-order valence-corrected chi connectivity index (χ0v) is 8.14. The third kappa shape index (κ3) is 2.24. The van der Waals surface area contributed by atoms with Crippen LogP contribution >= 0.6 is 0 Å². The number of nitrogens with two attached hydrogens (primary N) is 1. The van der Waals surface area contributed by atoms with Crippen LogP contribution in [0.5, 0.6) is 5.88 Å². The third-order valence-corrected chi connectivity index (χ3v) is 2.39. The van der Waals surface area contributed by atoms with Gasteiger partial charge in [0.15, 0.2) is 0 Å². The topological polar surface area (TPSA) is 85.4 Å². The summed E-state index contributed by atoms with van der Waals surface area (Å²) in [6, 6.07) is 3.02. The van der Waals surface area contributed by atoms with E-state index in [9.17, 15) is 4.79 Å². The summed E-state index contributed by atoms with van der Waals surface area (Å²) in [4.78, 5) is 14.7. The first-order chi connectivity index (χ1) is 7.11. The van der Waals surface area contributed by atoms with Crippen molar-refractivity contribution in [1.29, 1.82) is 0 Å². The van der Waals surface area contributed by atoms with Gasteiger partial charge in [-0.15, -0.1) is 0 Å². The molecule has 0 saturated heterocycles. The molecule has 0 spiro atoms. The molecule has 0 unspecified atom stereocenters. The van der Waals surface area contributed by atoms with Crippen LogP contribution in [0.15, 0.2) is 18.3 Å². The highest BCUT2D eigenvalue weighted by Crippen LogP contribution is 2.32. The molecule has 5 nitrogen and oxygen atoms in total. The summed E-state index contributed by atoms with van der Waals surface area (Å²) in [6.45, 7) is 0.324. The predicted molar refractivity (Wildman–Crippen MR) is 52.8 cm³/mol. The average molecular weight is 208 g/mol. The molecule has 2 rings (SSSR count). The Morgan fingerprint density at radius 2 is 2.40 bits per heavy atom. The molecule has 15 heavy (non-hydrogen) atoms. The zero-order valence-electron chi connectivity index (χ0n) is 8.14. The van der Waals surface area contributed by atoms with Crippen LogP contribution < -0.4 is 10.5 Å². The lowest BCUT2D eigenvalue weighted by Crippen LogP contribution is -2.30. The number of rotatable bonds is 4. The largest absolute Gasteiger partial charge is 0.477 e. The van der Waals surface area contributed by atoms with E-state index in [0.717, 1.165) is 12.8 Å². The Labute approximate surface area is 86.9 Å². The molecule has 0 aromatic carbocycles. The highest BCUT2D eigenvalue weighted by atomic mass is 16.5.